The third-order valence-corrected chi connectivity index (χ3v) is 10.8. The molecule has 2 aromatic heterocycles. The zero-order chi connectivity index (χ0) is 28.0. The fraction of sp³-hybridized carbons (Fsp3) is 0.625. The third kappa shape index (κ3) is 4.50. The Hall–Kier alpha value is -3.10. The Morgan fingerprint density at radius 3 is 2.39 bits per heavy atom. The molecule has 6 fully saturated rings. The van der Waals surface area contributed by atoms with Crippen molar-refractivity contribution in [2.75, 3.05) is 11.4 Å². The summed E-state index contributed by atoms with van der Waals surface area (Å²) in [5.74, 6) is -1.35. The van der Waals surface area contributed by atoms with Gasteiger partial charge in [0.15, 0.2) is 5.82 Å². The lowest BCUT2D eigenvalue weighted by atomic mass is 9.52. The number of hydrogen-bond acceptors (Lipinski definition) is 5. The third-order valence-electron chi connectivity index (χ3n) is 10.8. The van der Waals surface area contributed by atoms with Crippen LogP contribution in [-0.2, 0) is 17.3 Å². The lowest BCUT2D eigenvalue weighted by molar-refractivity contribution is -0.148. The van der Waals surface area contributed by atoms with E-state index in [4.69, 9.17) is 9.62 Å². The van der Waals surface area contributed by atoms with Crippen molar-refractivity contribution in [2.24, 2.45) is 18.4 Å². The van der Waals surface area contributed by atoms with Gasteiger partial charge in [-0.15, -0.1) is 0 Å². The van der Waals surface area contributed by atoms with Crippen LogP contribution in [0, 0.1) is 11.3 Å². The zero-order valence-corrected chi connectivity index (χ0v) is 23.6. The molecule has 2 heterocycles. The van der Waals surface area contributed by atoms with Gasteiger partial charge >= 0.3 is 0 Å². The molecule has 6 aliphatic rings. The molecule has 6 aliphatic carbocycles. The molecule has 6 saturated carbocycles. The highest BCUT2D eigenvalue weighted by Gasteiger charge is 2.54. The quantitative estimate of drug-likeness (QED) is 0.299. The Bertz CT molecular complexity index is 1470. The highest BCUT2D eigenvalue weighted by molar-refractivity contribution is 5.96. The maximum Gasteiger partial charge on any atom is 0.258 e. The van der Waals surface area contributed by atoms with E-state index in [9.17, 15) is 13.6 Å². The molecule has 0 spiro atoms. The highest BCUT2D eigenvalue weighted by Crippen LogP contribution is 2.58. The topological polar surface area (TPSA) is 77.1 Å². The lowest BCUT2D eigenvalue weighted by Gasteiger charge is -2.54. The molecule has 0 saturated heterocycles. The first kappa shape index (κ1) is 25.6. The van der Waals surface area contributed by atoms with Crippen molar-refractivity contribution in [3.05, 3.63) is 47.5 Å². The van der Waals surface area contributed by atoms with Gasteiger partial charge in [0.1, 0.15) is 0 Å². The van der Waals surface area contributed by atoms with Crippen molar-refractivity contribution in [2.45, 2.75) is 100 Å². The molecule has 0 N–H and O–H groups in total. The summed E-state index contributed by atoms with van der Waals surface area (Å²) in [6.45, 7) is 0.556. The van der Waals surface area contributed by atoms with Crippen molar-refractivity contribution < 1.29 is 18.1 Å². The maximum atomic E-state index is 13.9. The molecule has 9 heteroatoms. The first-order chi connectivity index (χ1) is 19.7. The Morgan fingerprint density at radius 2 is 1.73 bits per heavy atom. The molecule has 9 rings (SSSR count). The van der Waals surface area contributed by atoms with Gasteiger partial charge in [-0.1, -0.05) is 11.2 Å². The van der Waals surface area contributed by atoms with E-state index in [2.05, 4.69) is 27.9 Å². The molecule has 1 amide bonds. The van der Waals surface area contributed by atoms with Gasteiger partial charge in [-0.3, -0.25) is 9.48 Å². The Labute approximate surface area is 238 Å². The van der Waals surface area contributed by atoms with Gasteiger partial charge in [0.25, 0.3) is 5.89 Å². The number of anilines is 1. The van der Waals surface area contributed by atoms with Crippen LogP contribution >= 0.6 is 0 Å². The summed E-state index contributed by atoms with van der Waals surface area (Å²) in [5, 5.41) is 9.14. The van der Waals surface area contributed by atoms with E-state index in [-0.39, 0.29) is 29.6 Å². The molecular weight excluding hydrogens is 524 g/mol. The van der Waals surface area contributed by atoms with E-state index in [0.29, 0.717) is 24.3 Å². The smallest absolute Gasteiger partial charge is 0.258 e. The number of amides is 1. The van der Waals surface area contributed by atoms with Gasteiger partial charge in [0, 0.05) is 66.5 Å². The second-order valence-corrected chi connectivity index (χ2v) is 13.8. The molecule has 7 nitrogen and oxygen atoms in total. The minimum atomic E-state index is -2.74. The number of carbonyl (C=O) groups excluding carboxylic acids is 1. The Balaban J connectivity index is 1.05. The number of benzene rings is 1. The zero-order valence-electron chi connectivity index (χ0n) is 23.6. The Morgan fingerprint density at radius 1 is 1.02 bits per heavy atom. The van der Waals surface area contributed by atoms with Crippen molar-refractivity contribution in [1.29, 1.82) is 0 Å². The molecular formula is C32H37F2N5O2. The molecule has 0 atom stereocenters. The number of halogens is 2. The summed E-state index contributed by atoms with van der Waals surface area (Å²) in [6.07, 6.45) is 10.2. The molecule has 1 aromatic carbocycles. The predicted molar refractivity (Wildman–Crippen MR) is 149 cm³/mol. The summed E-state index contributed by atoms with van der Waals surface area (Å²) >= 11 is 0. The van der Waals surface area contributed by atoms with Gasteiger partial charge in [-0.05, 0) is 93.9 Å². The highest BCUT2D eigenvalue weighted by atomic mass is 19.3. The number of fused-ring (bicyclic) bond motifs is 3. The van der Waals surface area contributed by atoms with E-state index in [1.54, 1.807) is 0 Å². The second kappa shape index (κ2) is 8.95. The number of carbonyl (C=O) groups is 1. The Kier molecular flexibility index (Phi) is 5.59. The number of nitrogens with zero attached hydrogens (tertiary/aromatic N) is 5. The van der Waals surface area contributed by atoms with Gasteiger partial charge in [0.2, 0.25) is 11.8 Å². The maximum absolute atomic E-state index is 13.9. The standard InChI is InChI=1S/C32H37F2N5O2/c1-38-25(20-5-6-20)16-26(36-38)31-12-9-30(10-13-31,11-14-31)19-39(29(40)23-17-32(33,34)18-23)24-4-2-3-22(15-24)28-35-27(37-41-28)21-7-8-21/h2-4,15-16,20-21,23H,5-14,17-19H2,1H3. The number of alkyl halides is 2. The van der Waals surface area contributed by atoms with Crippen LogP contribution in [0.2, 0.25) is 0 Å². The monoisotopic (exact) mass is 561 g/mol. The molecule has 0 aliphatic heterocycles. The normalized spacial score (nSPS) is 29.0. The van der Waals surface area contributed by atoms with Crippen molar-refractivity contribution >= 4 is 11.6 Å². The second-order valence-electron chi connectivity index (χ2n) is 13.8. The van der Waals surface area contributed by atoms with E-state index >= 15 is 0 Å². The molecule has 0 radical (unpaired) electrons. The number of hydrogen-bond donors (Lipinski definition) is 0. The van der Waals surface area contributed by atoms with Crippen molar-refractivity contribution in [1.82, 2.24) is 19.9 Å². The van der Waals surface area contributed by atoms with E-state index in [1.807, 2.05) is 29.2 Å². The van der Waals surface area contributed by atoms with Crippen molar-refractivity contribution in [3.63, 3.8) is 0 Å². The molecule has 0 unspecified atom stereocenters. The largest absolute Gasteiger partial charge is 0.334 e. The number of rotatable bonds is 8. The fourth-order valence-corrected chi connectivity index (χ4v) is 7.74. The molecule has 216 valence electrons. The summed E-state index contributed by atoms with van der Waals surface area (Å²) < 4.78 is 35.4. The summed E-state index contributed by atoms with van der Waals surface area (Å²) in [4.78, 5) is 20.2. The predicted octanol–water partition coefficient (Wildman–Crippen LogP) is 6.90. The van der Waals surface area contributed by atoms with Gasteiger partial charge in [0.05, 0.1) is 5.69 Å². The summed E-state index contributed by atoms with van der Waals surface area (Å²) in [7, 11) is 2.08. The van der Waals surface area contributed by atoms with Crippen molar-refractivity contribution in [3.8, 4) is 11.5 Å². The van der Waals surface area contributed by atoms with E-state index in [0.717, 1.165) is 68.4 Å². The van der Waals surface area contributed by atoms with Crippen LogP contribution in [0.4, 0.5) is 14.5 Å². The van der Waals surface area contributed by atoms with E-state index < -0.39 is 11.8 Å². The van der Waals surface area contributed by atoms with Crippen LogP contribution in [0.1, 0.15) is 106 Å². The summed E-state index contributed by atoms with van der Waals surface area (Å²) in [5.41, 5.74) is 4.20. The summed E-state index contributed by atoms with van der Waals surface area (Å²) in [6, 6.07) is 9.99. The van der Waals surface area contributed by atoms with Crippen LogP contribution in [0.5, 0.6) is 0 Å². The van der Waals surface area contributed by atoms with Crippen LogP contribution in [-0.4, -0.2) is 38.3 Å². The number of aromatic nitrogens is 4. The first-order valence-corrected chi connectivity index (χ1v) is 15.4. The SMILES string of the molecule is Cn1nc(C23CCC(CN(C(=O)C4CC(F)(F)C4)c4cccc(-c5nc(C6CC6)no5)c4)(CC2)CC3)cc1C1CC1. The van der Waals surface area contributed by atoms with Crippen LogP contribution in [0.15, 0.2) is 34.9 Å². The fourth-order valence-electron chi connectivity index (χ4n) is 7.74. The van der Waals surface area contributed by atoms with E-state index in [1.165, 1.54) is 24.2 Å². The lowest BCUT2D eigenvalue weighted by Crippen LogP contribution is -2.53. The van der Waals surface area contributed by atoms with Crippen LogP contribution in [0.3, 0.4) is 0 Å². The average molecular weight is 562 g/mol. The van der Waals surface area contributed by atoms with Crippen LogP contribution in [0.25, 0.3) is 11.5 Å². The van der Waals surface area contributed by atoms with Crippen LogP contribution < -0.4 is 4.90 Å². The van der Waals surface area contributed by atoms with Gasteiger partial charge < -0.3 is 9.42 Å². The average Bonchev–Trinajstić information content (AvgIpc) is 3.91. The first-order valence-electron chi connectivity index (χ1n) is 15.4. The minimum absolute atomic E-state index is 0.0165. The molecule has 2 bridgehead atoms. The molecule has 3 aromatic rings. The molecule has 41 heavy (non-hydrogen) atoms. The van der Waals surface area contributed by atoms with Gasteiger partial charge in [-0.2, -0.15) is 10.1 Å². The number of aryl methyl sites for hydroxylation is 1. The minimum Gasteiger partial charge on any atom is -0.334 e. The van der Waals surface area contributed by atoms with Gasteiger partial charge in [-0.25, -0.2) is 8.78 Å².